The van der Waals surface area contributed by atoms with Gasteiger partial charge in [0.05, 0.1) is 19.2 Å². The lowest BCUT2D eigenvalue weighted by Crippen LogP contribution is -2.12. The third kappa shape index (κ3) is 3.85. The van der Waals surface area contributed by atoms with E-state index in [1.165, 1.54) is 36.6 Å². The van der Waals surface area contributed by atoms with Gasteiger partial charge in [-0.2, -0.15) is 0 Å². The predicted molar refractivity (Wildman–Crippen MR) is 76.9 cm³/mol. The third-order valence-corrected chi connectivity index (χ3v) is 3.55. The van der Waals surface area contributed by atoms with Gasteiger partial charge in [0, 0.05) is 10.9 Å². The summed E-state index contributed by atoms with van der Waals surface area (Å²) in [7, 11) is 1.30. The molecule has 1 N–H and O–H groups in total. The molecule has 0 spiro atoms. The van der Waals surface area contributed by atoms with Gasteiger partial charge in [-0.1, -0.05) is 0 Å². The number of aromatic nitrogens is 1. The molecule has 0 aliphatic rings. The number of thiazole rings is 1. The first kappa shape index (κ1) is 15.1. The molecule has 1 aromatic carbocycles. The molecule has 21 heavy (non-hydrogen) atoms. The van der Waals surface area contributed by atoms with E-state index in [0.717, 1.165) is 0 Å². The Morgan fingerprint density at radius 1 is 1.43 bits per heavy atom. The SMILES string of the molecule is COC(=O)Cc1csc(NC(=O)c2ccc(F)c(C)c2)n1. The smallest absolute Gasteiger partial charge is 0.311 e. The minimum absolute atomic E-state index is 0.0541. The Bertz CT molecular complexity index is 685. The number of benzene rings is 1. The van der Waals surface area contributed by atoms with Gasteiger partial charge in [-0.15, -0.1) is 11.3 Å². The fourth-order valence-corrected chi connectivity index (χ4v) is 2.33. The molecule has 0 bridgehead atoms. The number of rotatable bonds is 4. The number of anilines is 1. The van der Waals surface area contributed by atoms with E-state index in [-0.39, 0.29) is 18.1 Å². The van der Waals surface area contributed by atoms with Crippen molar-refractivity contribution in [2.45, 2.75) is 13.3 Å². The molecule has 0 aliphatic carbocycles. The molecular weight excluding hydrogens is 295 g/mol. The summed E-state index contributed by atoms with van der Waals surface area (Å²) in [6.45, 7) is 1.59. The molecule has 0 fully saturated rings. The van der Waals surface area contributed by atoms with Crippen molar-refractivity contribution in [2.24, 2.45) is 0 Å². The van der Waals surface area contributed by atoms with E-state index in [2.05, 4.69) is 15.0 Å². The Balaban J connectivity index is 2.05. The molecule has 1 amide bonds. The zero-order valence-corrected chi connectivity index (χ0v) is 12.3. The maximum absolute atomic E-state index is 13.2. The fourth-order valence-electron chi connectivity index (χ4n) is 1.62. The molecule has 110 valence electrons. The molecule has 1 aromatic heterocycles. The van der Waals surface area contributed by atoms with E-state index in [0.29, 0.717) is 22.0 Å². The number of nitrogens with zero attached hydrogens (tertiary/aromatic N) is 1. The van der Waals surface area contributed by atoms with E-state index in [9.17, 15) is 14.0 Å². The zero-order chi connectivity index (χ0) is 15.4. The third-order valence-electron chi connectivity index (χ3n) is 2.75. The maximum Gasteiger partial charge on any atom is 0.311 e. The first-order valence-electron chi connectivity index (χ1n) is 6.08. The van der Waals surface area contributed by atoms with Crippen LogP contribution >= 0.6 is 11.3 Å². The predicted octanol–water partition coefficient (Wildman–Crippen LogP) is 2.56. The Kier molecular flexibility index (Phi) is 4.64. The molecule has 1 heterocycles. The van der Waals surface area contributed by atoms with Crippen LogP contribution in [-0.2, 0) is 16.0 Å². The number of hydrogen-bond acceptors (Lipinski definition) is 5. The van der Waals surface area contributed by atoms with Crippen LogP contribution in [0.2, 0.25) is 0 Å². The Hall–Kier alpha value is -2.28. The van der Waals surface area contributed by atoms with Gasteiger partial charge in [-0.25, -0.2) is 9.37 Å². The number of methoxy groups -OCH3 is 1. The molecule has 0 aliphatic heterocycles. The van der Waals surface area contributed by atoms with Crippen LogP contribution in [0.4, 0.5) is 9.52 Å². The van der Waals surface area contributed by atoms with Gasteiger partial charge in [0.2, 0.25) is 0 Å². The standard InChI is InChI=1S/C14H13FN2O3S/c1-8-5-9(3-4-11(8)15)13(19)17-14-16-10(7-21-14)6-12(18)20-2/h3-5,7H,6H2,1-2H3,(H,16,17,19). The Morgan fingerprint density at radius 3 is 2.86 bits per heavy atom. The molecular formula is C14H13FN2O3S. The summed E-state index contributed by atoms with van der Waals surface area (Å²) >= 11 is 1.21. The second kappa shape index (κ2) is 6.45. The van der Waals surface area contributed by atoms with Crippen LogP contribution in [0.15, 0.2) is 23.6 Å². The summed E-state index contributed by atoms with van der Waals surface area (Å²) in [6.07, 6.45) is 0.0541. The van der Waals surface area contributed by atoms with E-state index < -0.39 is 5.97 Å². The Labute approximate surface area is 124 Å². The van der Waals surface area contributed by atoms with Crippen molar-refractivity contribution in [3.8, 4) is 0 Å². The van der Waals surface area contributed by atoms with E-state index in [4.69, 9.17) is 0 Å². The van der Waals surface area contributed by atoms with E-state index >= 15 is 0 Å². The highest BCUT2D eigenvalue weighted by Crippen LogP contribution is 2.18. The summed E-state index contributed by atoms with van der Waals surface area (Å²) in [5, 5.41) is 4.66. The summed E-state index contributed by atoms with van der Waals surface area (Å²) in [5.74, 6) is -1.13. The van der Waals surface area contributed by atoms with Gasteiger partial charge in [-0.05, 0) is 30.7 Å². The highest BCUT2D eigenvalue weighted by molar-refractivity contribution is 7.14. The lowest BCUT2D eigenvalue weighted by Gasteiger charge is -2.03. The van der Waals surface area contributed by atoms with Gasteiger partial charge in [-0.3, -0.25) is 14.9 Å². The van der Waals surface area contributed by atoms with Gasteiger partial charge in [0.1, 0.15) is 5.82 Å². The number of nitrogens with one attached hydrogen (secondary N) is 1. The highest BCUT2D eigenvalue weighted by Gasteiger charge is 2.12. The first-order chi connectivity index (χ1) is 9.99. The maximum atomic E-state index is 13.2. The van der Waals surface area contributed by atoms with Crippen molar-refractivity contribution in [3.63, 3.8) is 0 Å². The number of esters is 1. The minimum atomic E-state index is -0.396. The minimum Gasteiger partial charge on any atom is -0.469 e. The molecule has 0 radical (unpaired) electrons. The molecule has 5 nitrogen and oxygen atoms in total. The van der Waals surface area contributed by atoms with Crippen molar-refractivity contribution in [2.75, 3.05) is 12.4 Å². The second-order valence-corrected chi connectivity index (χ2v) is 5.17. The largest absolute Gasteiger partial charge is 0.469 e. The molecule has 2 aromatic rings. The van der Waals surface area contributed by atoms with Crippen LogP contribution in [0.25, 0.3) is 0 Å². The van der Waals surface area contributed by atoms with Gasteiger partial charge in [0.15, 0.2) is 5.13 Å². The number of aryl methyl sites for hydroxylation is 1. The average Bonchev–Trinajstić information content (AvgIpc) is 2.88. The first-order valence-corrected chi connectivity index (χ1v) is 6.96. The average molecular weight is 308 g/mol. The van der Waals surface area contributed by atoms with E-state index in [1.807, 2.05) is 0 Å². The topological polar surface area (TPSA) is 68.3 Å². The molecule has 0 unspecified atom stereocenters. The molecule has 0 saturated carbocycles. The number of carbonyl (C=O) groups is 2. The molecule has 0 atom stereocenters. The van der Waals surface area contributed by atoms with Crippen LogP contribution in [-0.4, -0.2) is 24.0 Å². The summed E-state index contributed by atoms with van der Waals surface area (Å²) < 4.78 is 17.7. The lowest BCUT2D eigenvalue weighted by molar-refractivity contribution is -0.139. The van der Waals surface area contributed by atoms with Gasteiger partial charge in [0.25, 0.3) is 5.91 Å². The number of ether oxygens (including phenoxy) is 1. The van der Waals surface area contributed by atoms with Crippen molar-refractivity contribution in [3.05, 3.63) is 46.2 Å². The van der Waals surface area contributed by atoms with Crippen LogP contribution in [0.3, 0.4) is 0 Å². The lowest BCUT2D eigenvalue weighted by atomic mass is 10.1. The van der Waals surface area contributed by atoms with Crippen LogP contribution in [0.5, 0.6) is 0 Å². The quantitative estimate of drug-likeness (QED) is 0.881. The number of hydrogen-bond donors (Lipinski definition) is 1. The number of halogens is 1. The summed E-state index contributed by atoms with van der Waals surface area (Å²) in [4.78, 5) is 27.2. The van der Waals surface area contributed by atoms with Crippen molar-refractivity contribution in [1.29, 1.82) is 0 Å². The summed E-state index contributed by atoms with van der Waals surface area (Å²) in [5.41, 5.74) is 1.27. The molecule has 0 saturated heterocycles. The van der Waals surface area contributed by atoms with Gasteiger partial charge < -0.3 is 4.74 Å². The number of amides is 1. The van der Waals surface area contributed by atoms with E-state index in [1.54, 1.807) is 12.3 Å². The van der Waals surface area contributed by atoms with Gasteiger partial charge >= 0.3 is 5.97 Å². The van der Waals surface area contributed by atoms with Crippen LogP contribution < -0.4 is 5.32 Å². The van der Waals surface area contributed by atoms with Crippen molar-refractivity contribution < 1.29 is 18.7 Å². The van der Waals surface area contributed by atoms with Crippen molar-refractivity contribution >= 4 is 28.3 Å². The highest BCUT2D eigenvalue weighted by atomic mass is 32.1. The fraction of sp³-hybridized carbons (Fsp3) is 0.214. The second-order valence-electron chi connectivity index (χ2n) is 4.31. The zero-order valence-electron chi connectivity index (χ0n) is 11.5. The summed E-state index contributed by atoms with van der Waals surface area (Å²) in [6, 6.07) is 4.11. The number of carbonyl (C=O) groups excluding carboxylic acids is 2. The molecule has 2 rings (SSSR count). The molecule has 7 heteroatoms. The Morgan fingerprint density at radius 2 is 2.19 bits per heavy atom. The van der Waals surface area contributed by atoms with Crippen LogP contribution in [0, 0.1) is 12.7 Å². The normalized spacial score (nSPS) is 10.2. The van der Waals surface area contributed by atoms with Crippen LogP contribution in [0.1, 0.15) is 21.6 Å². The monoisotopic (exact) mass is 308 g/mol. The van der Waals surface area contributed by atoms with Crippen molar-refractivity contribution in [1.82, 2.24) is 4.98 Å².